The Morgan fingerprint density at radius 1 is 1.33 bits per heavy atom. The van der Waals surface area contributed by atoms with Crippen molar-refractivity contribution in [1.82, 2.24) is 14.8 Å². The summed E-state index contributed by atoms with van der Waals surface area (Å²) in [7, 11) is 0. The number of benzene rings is 1. The predicted octanol–water partition coefficient (Wildman–Crippen LogP) is 2.03. The second-order valence-electron chi connectivity index (χ2n) is 4.44. The van der Waals surface area contributed by atoms with Gasteiger partial charge in [-0.1, -0.05) is 26.0 Å². The van der Waals surface area contributed by atoms with E-state index >= 15 is 0 Å². The molecule has 18 heavy (non-hydrogen) atoms. The molecule has 0 aliphatic carbocycles. The predicted molar refractivity (Wildman–Crippen MR) is 68.2 cm³/mol. The summed E-state index contributed by atoms with van der Waals surface area (Å²) in [6.07, 6.45) is 0.598. The molecule has 96 valence electrons. The molecule has 0 atom stereocenters. The lowest BCUT2D eigenvalue weighted by molar-refractivity contribution is 0.599. The van der Waals surface area contributed by atoms with E-state index in [2.05, 4.69) is 10.1 Å². The first-order chi connectivity index (χ1) is 8.63. The van der Waals surface area contributed by atoms with E-state index in [1.807, 2.05) is 13.8 Å². The number of nitrogens with two attached hydrogens (primary N) is 1. The summed E-state index contributed by atoms with van der Waals surface area (Å²) >= 11 is 0. The second-order valence-corrected chi connectivity index (χ2v) is 4.44. The first kappa shape index (κ1) is 12.7. The maximum atomic E-state index is 13.8. The van der Waals surface area contributed by atoms with Gasteiger partial charge in [-0.25, -0.2) is 14.1 Å². The summed E-state index contributed by atoms with van der Waals surface area (Å²) in [6, 6.07) is 6.56. The molecule has 0 fully saturated rings. The van der Waals surface area contributed by atoms with Crippen LogP contribution in [0.2, 0.25) is 0 Å². The molecule has 0 amide bonds. The van der Waals surface area contributed by atoms with Crippen molar-refractivity contribution in [2.75, 3.05) is 6.54 Å². The van der Waals surface area contributed by atoms with Gasteiger partial charge >= 0.3 is 0 Å². The van der Waals surface area contributed by atoms with Crippen LogP contribution in [0.15, 0.2) is 24.3 Å². The third kappa shape index (κ3) is 2.41. The van der Waals surface area contributed by atoms with Crippen molar-refractivity contribution in [2.45, 2.75) is 26.2 Å². The van der Waals surface area contributed by atoms with Gasteiger partial charge in [-0.15, -0.1) is 0 Å². The molecule has 0 aliphatic heterocycles. The fourth-order valence-corrected chi connectivity index (χ4v) is 1.78. The number of aromatic nitrogens is 3. The van der Waals surface area contributed by atoms with E-state index in [0.29, 0.717) is 24.5 Å². The Labute approximate surface area is 106 Å². The van der Waals surface area contributed by atoms with Crippen molar-refractivity contribution >= 4 is 0 Å². The molecule has 1 aromatic carbocycles. The molecule has 1 aromatic heterocycles. The van der Waals surface area contributed by atoms with E-state index in [1.165, 1.54) is 6.07 Å². The fourth-order valence-electron chi connectivity index (χ4n) is 1.78. The summed E-state index contributed by atoms with van der Waals surface area (Å²) in [6.45, 7) is 4.50. The molecule has 2 aromatic rings. The molecule has 0 bridgehead atoms. The Kier molecular flexibility index (Phi) is 3.72. The number of nitrogens with zero attached hydrogens (tertiary/aromatic N) is 3. The summed E-state index contributed by atoms with van der Waals surface area (Å²) in [5.41, 5.74) is 5.93. The fraction of sp³-hybridized carbons (Fsp3) is 0.385. The Balaban J connectivity index is 2.52. The highest BCUT2D eigenvalue weighted by atomic mass is 19.1. The van der Waals surface area contributed by atoms with Crippen LogP contribution in [0.4, 0.5) is 4.39 Å². The highest BCUT2D eigenvalue weighted by Gasteiger charge is 2.16. The minimum absolute atomic E-state index is 0.170. The van der Waals surface area contributed by atoms with Crippen LogP contribution in [0.1, 0.15) is 31.4 Å². The monoisotopic (exact) mass is 248 g/mol. The minimum atomic E-state index is -0.302. The summed E-state index contributed by atoms with van der Waals surface area (Å²) in [4.78, 5) is 4.42. The van der Waals surface area contributed by atoms with Gasteiger partial charge in [-0.2, -0.15) is 5.10 Å². The zero-order valence-electron chi connectivity index (χ0n) is 10.6. The maximum absolute atomic E-state index is 13.8. The highest BCUT2D eigenvalue weighted by molar-refractivity contribution is 5.33. The van der Waals surface area contributed by atoms with Crippen molar-refractivity contribution in [3.63, 3.8) is 0 Å². The molecule has 0 spiro atoms. The Morgan fingerprint density at radius 2 is 2.06 bits per heavy atom. The molecule has 2 rings (SSSR count). The van der Waals surface area contributed by atoms with Crippen LogP contribution in [-0.4, -0.2) is 21.3 Å². The van der Waals surface area contributed by atoms with Crippen molar-refractivity contribution < 1.29 is 4.39 Å². The van der Waals surface area contributed by atoms with Crippen molar-refractivity contribution in [1.29, 1.82) is 0 Å². The second kappa shape index (κ2) is 5.27. The van der Waals surface area contributed by atoms with E-state index < -0.39 is 0 Å². The van der Waals surface area contributed by atoms with Crippen molar-refractivity contribution in [3.05, 3.63) is 41.7 Å². The van der Waals surface area contributed by atoms with E-state index in [4.69, 9.17) is 5.73 Å². The van der Waals surface area contributed by atoms with Gasteiger partial charge in [0.05, 0.1) is 0 Å². The molecule has 0 saturated carbocycles. The normalized spacial score (nSPS) is 11.2. The zero-order chi connectivity index (χ0) is 13.1. The number of hydrogen-bond acceptors (Lipinski definition) is 3. The summed E-state index contributed by atoms with van der Waals surface area (Å²) in [5, 5.41) is 4.34. The molecule has 0 aliphatic rings. The average Bonchev–Trinajstić information content (AvgIpc) is 2.74. The SMILES string of the molecule is CC(C)c1nc(CCN)nn1-c1ccccc1F. The Morgan fingerprint density at radius 3 is 2.67 bits per heavy atom. The van der Waals surface area contributed by atoms with Gasteiger partial charge in [0, 0.05) is 12.3 Å². The van der Waals surface area contributed by atoms with E-state index in [0.717, 1.165) is 5.82 Å². The van der Waals surface area contributed by atoms with E-state index in [-0.39, 0.29) is 11.7 Å². The number of rotatable bonds is 4. The first-order valence-electron chi connectivity index (χ1n) is 6.04. The largest absolute Gasteiger partial charge is 0.330 e. The van der Waals surface area contributed by atoms with Gasteiger partial charge < -0.3 is 5.73 Å². The molecule has 0 unspecified atom stereocenters. The minimum Gasteiger partial charge on any atom is -0.330 e. The van der Waals surface area contributed by atoms with Crippen LogP contribution < -0.4 is 5.73 Å². The molecule has 0 radical (unpaired) electrons. The maximum Gasteiger partial charge on any atom is 0.152 e. The number of hydrogen-bond donors (Lipinski definition) is 1. The number of halogens is 1. The lowest BCUT2D eigenvalue weighted by atomic mass is 10.2. The molecule has 0 saturated heterocycles. The third-order valence-corrected chi connectivity index (χ3v) is 2.64. The van der Waals surface area contributed by atoms with E-state index in [9.17, 15) is 4.39 Å². The van der Waals surface area contributed by atoms with Crippen molar-refractivity contribution in [2.24, 2.45) is 5.73 Å². The Bertz CT molecular complexity index is 534. The van der Waals surface area contributed by atoms with Gasteiger partial charge in [-0.05, 0) is 18.7 Å². The molecular weight excluding hydrogens is 231 g/mol. The van der Waals surface area contributed by atoms with Crippen LogP contribution in [0.25, 0.3) is 5.69 Å². The molecule has 4 nitrogen and oxygen atoms in total. The number of para-hydroxylation sites is 1. The van der Waals surface area contributed by atoms with Crippen LogP contribution in [-0.2, 0) is 6.42 Å². The quantitative estimate of drug-likeness (QED) is 0.900. The lowest BCUT2D eigenvalue weighted by Gasteiger charge is -2.08. The van der Waals surface area contributed by atoms with Crippen LogP contribution in [0.5, 0.6) is 0 Å². The molecule has 2 N–H and O–H groups in total. The molecule has 5 heteroatoms. The Hall–Kier alpha value is -1.75. The van der Waals surface area contributed by atoms with Crippen LogP contribution in [0.3, 0.4) is 0 Å². The van der Waals surface area contributed by atoms with E-state index in [1.54, 1.807) is 22.9 Å². The van der Waals surface area contributed by atoms with Gasteiger partial charge in [-0.3, -0.25) is 0 Å². The third-order valence-electron chi connectivity index (χ3n) is 2.64. The van der Waals surface area contributed by atoms with Crippen LogP contribution >= 0.6 is 0 Å². The topological polar surface area (TPSA) is 56.7 Å². The smallest absolute Gasteiger partial charge is 0.152 e. The molecular formula is C13H17FN4. The van der Waals surface area contributed by atoms with Gasteiger partial charge in [0.15, 0.2) is 5.82 Å². The standard InChI is InChI=1S/C13H17FN4/c1-9(2)13-16-12(7-8-15)17-18(13)11-6-4-3-5-10(11)14/h3-6,9H,7-8,15H2,1-2H3. The summed E-state index contributed by atoms with van der Waals surface area (Å²) < 4.78 is 15.4. The van der Waals surface area contributed by atoms with Gasteiger partial charge in [0.2, 0.25) is 0 Å². The van der Waals surface area contributed by atoms with Gasteiger partial charge in [0.1, 0.15) is 17.3 Å². The average molecular weight is 248 g/mol. The summed E-state index contributed by atoms with van der Waals surface area (Å²) in [5.74, 6) is 1.28. The lowest BCUT2D eigenvalue weighted by Crippen LogP contribution is -2.07. The van der Waals surface area contributed by atoms with Crippen molar-refractivity contribution in [3.8, 4) is 5.69 Å². The molecule has 1 heterocycles. The van der Waals surface area contributed by atoms with Gasteiger partial charge in [0.25, 0.3) is 0 Å². The van der Waals surface area contributed by atoms with Crippen LogP contribution in [0, 0.1) is 5.82 Å². The first-order valence-corrected chi connectivity index (χ1v) is 6.04. The zero-order valence-corrected chi connectivity index (χ0v) is 10.6. The highest BCUT2D eigenvalue weighted by Crippen LogP contribution is 2.19.